The molecule has 0 spiro atoms. The summed E-state index contributed by atoms with van der Waals surface area (Å²) in [6.45, 7) is 0. The molecule has 0 amide bonds. The summed E-state index contributed by atoms with van der Waals surface area (Å²) in [7, 11) is 0. The van der Waals surface area contributed by atoms with Crippen LogP contribution in [0.15, 0.2) is 36.2 Å². The molecule has 2 nitrogen and oxygen atoms in total. The van der Waals surface area contributed by atoms with Crippen molar-refractivity contribution in [2.24, 2.45) is 0 Å². The topological polar surface area (TPSA) is 35.8 Å². The highest BCUT2D eigenvalue weighted by Gasteiger charge is 1.85. The molecule has 0 saturated carbocycles. The second-order valence-electron chi connectivity index (χ2n) is 1.59. The van der Waals surface area contributed by atoms with Gasteiger partial charge >= 0.3 is 1.43 Å². The van der Waals surface area contributed by atoms with Gasteiger partial charge in [-0.3, -0.25) is 0 Å². The Hall–Kier alpha value is -1.49. The van der Waals surface area contributed by atoms with E-state index in [2.05, 4.69) is 5.32 Å². The van der Waals surface area contributed by atoms with Gasteiger partial charge in [0.05, 0.1) is 11.6 Å². The lowest BCUT2D eigenvalue weighted by atomic mass is 10.3. The highest BCUT2D eigenvalue weighted by atomic mass is 14.8. The molecule has 9 heavy (non-hydrogen) atoms. The first-order valence-corrected chi connectivity index (χ1v) is 2.63. The van der Waals surface area contributed by atoms with Gasteiger partial charge in [-0.05, 0) is 18.2 Å². The fourth-order valence-electron chi connectivity index (χ4n) is 0.531. The highest BCUT2D eigenvalue weighted by molar-refractivity contribution is 5.37. The zero-order valence-corrected chi connectivity index (χ0v) is 4.83. The monoisotopic (exact) mass is 119 g/mol. The van der Waals surface area contributed by atoms with E-state index in [4.69, 9.17) is 5.26 Å². The van der Waals surface area contributed by atoms with Crippen LogP contribution in [-0.4, -0.2) is 0 Å². The van der Waals surface area contributed by atoms with E-state index in [1.54, 1.807) is 30.6 Å². The summed E-state index contributed by atoms with van der Waals surface area (Å²) in [5.74, 6) is 0. The predicted molar refractivity (Wildman–Crippen MR) is 36.2 cm³/mol. The lowest BCUT2D eigenvalue weighted by Crippen LogP contribution is -1.87. The third-order valence-corrected chi connectivity index (χ3v) is 0.956. The lowest BCUT2D eigenvalue weighted by Gasteiger charge is -1.80. The summed E-state index contributed by atoms with van der Waals surface area (Å²) in [4.78, 5) is 0. The van der Waals surface area contributed by atoms with Gasteiger partial charge in [0.15, 0.2) is 0 Å². The van der Waals surface area contributed by atoms with Crippen molar-refractivity contribution in [1.29, 1.82) is 5.26 Å². The van der Waals surface area contributed by atoms with Crippen molar-refractivity contribution in [1.82, 2.24) is 5.32 Å². The minimum Gasteiger partial charge on any atom is -0.368 e. The van der Waals surface area contributed by atoms with Crippen LogP contribution < -0.4 is 5.32 Å². The molecular weight excluding hydrogens is 112 g/mol. The van der Waals surface area contributed by atoms with Gasteiger partial charge in [0, 0.05) is 12.4 Å². The summed E-state index contributed by atoms with van der Waals surface area (Å²) >= 11 is 0. The molecule has 1 aliphatic heterocycles. The molecule has 1 N–H and O–H groups in total. The molecule has 1 heterocycles. The third-order valence-electron chi connectivity index (χ3n) is 0.956. The molecule has 1 rings (SSSR count). The van der Waals surface area contributed by atoms with Crippen molar-refractivity contribution >= 4 is 0 Å². The molecule has 44 valence electrons. The van der Waals surface area contributed by atoms with Gasteiger partial charge < -0.3 is 5.32 Å². The Morgan fingerprint density at radius 2 is 2.44 bits per heavy atom. The van der Waals surface area contributed by atoms with Crippen LogP contribution in [0.3, 0.4) is 0 Å². The molecule has 0 unspecified atom stereocenters. The van der Waals surface area contributed by atoms with Gasteiger partial charge in [-0.15, -0.1) is 0 Å². The summed E-state index contributed by atoms with van der Waals surface area (Å²) in [6, 6.07) is 2.03. The Labute approximate surface area is 55.3 Å². The normalized spacial score (nSPS) is 15.2. The molecule has 0 bridgehead atoms. The largest absolute Gasteiger partial charge is 1.00 e. The van der Waals surface area contributed by atoms with Gasteiger partial charge in [-0.1, -0.05) is 0 Å². The van der Waals surface area contributed by atoms with Crippen LogP contribution in [0, 0.1) is 11.3 Å². The van der Waals surface area contributed by atoms with Crippen LogP contribution in [-0.2, 0) is 0 Å². The van der Waals surface area contributed by atoms with Crippen molar-refractivity contribution < 1.29 is 1.43 Å². The minimum atomic E-state index is 0. The Morgan fingerprint density at radius 1 is 1.56 bits per heavy atom. The van der Waals surface area contributed by atoms with E-state index in [9.17, 15) is 0 Å². The first kappa shape index (κ1) is 5.64. The van der Waals surface area contributed by atoms with Crippen molar-refractivity contribution in [3.05, 3.63) is 36.2 Å². The zero-order valence-electron chi connectivity index (χ0n) is 5.83. The Kier molecular flexibility index (Phi) is 1.71. The Bertz CT molecular complexity index is 220. The average molecular weight is 119 g/mol. The molecule has 0 fully saturated rings. The fraction of sp³-hybridized carbons (Fsp3) is 0. The number of nitrogens with one attached hydrogen (secondary N) is 1. The maximum absolute atomic E-state index is 8.38. The van der Waals surface area contributed by atoms with Crippen molar-refractivity contribution in [3.63, 3.8) is 0 Å². The van der Waals surface area contributed by atoms with Crippen LogP contribution >= 0.6 is 0 Å². The number of allylic oxidation sites excluding steroid dienone is 4. The van der Waals surface area contributed by atoms with Gasteiger partial charge in [0.25, 0.3) is 0 Å². The van der Waals surface area contributed by atoms with Gasteiger partial charge in [-0.2, -0.15) is 5.26 Å². The molecule has 0 aromatic rings. The van der Waals surface area contributed by atoms with Crippen LogP contribution in [0.25, 0.3) is 0 Å². The fourth-order valence-corrected chi connectivity index (χ4v) is 0.531. The second kappa shape index (κ2) is 2.73. The SMILES string of the molecule is N#CC1=CC=CNC=C1.[H+]. The molecule has 0 saturated heterocycles. The minimum absolute atomic E-state index is 0. The number of nitriles is 1. The molecule has 0 radical (unpaired) electrons. The summed E-state index contributed by atoms with van der Waals surface area (Å²) in [5.41, 5.74) is 0.663. The maximum Gasteiger partial charge on any atom is 1.00 e. The smallest absolute Gasteiger partial charge is 0.368 e. The number of rotatable bonds is 0. The molecule has 0 atom stereocenters. The van der Waals surface area contributed by atoms with E-state index in [1.165, 1.54) is 0 Å². The number of hydrogen-bond acceptors (Lipinski definition) is 2. The van der Waals surface area contributed by atoms with E-state index in [0.29, 0.717) is 5.57 Å². The first-order valence-electron chi connectivity index (χ1n) is 2.63. The molecule has 0 aromatic carbocycles. The molecule has 0 aromatic heterocycles. The summed E-state index contributed by atoms with van der Waals surface area (Å²) in [5, 5.41) is 11.2. The van der Waals surface area contributed by atoms with Gasteiger partial charge in [0.1, 0.15) is 0 Å². The van der Waals surface area contributed by atoms with E-state index in [0.717, 1.165) is 0 Å². The molecular formula is C7H7N2+. The second-order valence-corrected chi connectivity index (χ2v) is 1.59. The molecule has 2 heteroatoms. The predicted octanol–water partition coefficient (Wildman–Crippen LogP) is 1.18. The number of nitrogens with zero attached hydrogens (tertiary/aromatic N) is 1. The van der Waals surface area contributed by atoms with E-state index >= 15 is 0 Å². The maximum atomic E-state index is 8.38. The van der Waals surface area contributed by atoms with E-state index in [1.807, 2.05) is 6.07 Å². The third kappa shape index (κ3) is 1.46. The average Bonchev–Trinajstić information content (AvgIpc) is 2.13. The lowest BCUT2D eigenvalue weighted by molar-refractivity contribution is 1.20. The Balaban J connectivity index is 0.000000810. The van der Waals surface area contributed by atoms with E-state index in [-0.39, 0.29) is 1.43 Å². The zero-order chi connectivity index (χ0) is 6.53. The molecule has 1 aliphatic rings. The summed E-state index contributed by atoms with van der Waals surface area (Å²) in [6.07, 6.45) is 8.74. The van der Waals surface area contributed by atoms with Gasteiger partial charge in [-0.25, -0.2) is 0 Å². The highest BCUT2D eigenvalue weighted by Crippen LogP contribution is 1.96. The van der Waals surface area contributed by atoms with Crippen LogP contribution in [0.2, 0.25) is 0 Å². The molecule has 0 aliphatic carbocycles. The van der Waals surface area contributed by atoms with E-state index < -0.39 is 0 Å². The quantitative estimate of drug-likeness (QED) is 0.519. The van der Waals surface area contributed by atoms with Crippen molar-refractivity contribution in [3.8, 4) is 6.07 Å². The van der Waals surface area contributed by atoms with Crippen molar-refractivity contribution in [2.75, 3.05) is 0 Å². The summed E-state index contributed by atoms with van der Waals surface area (Å²) < 4.78 is 0. The van der Waals surface area contributed by atoms with Crippen LogP contribution in [0.1, 0.15) is 1.43 Å². The van der Waals surface area contributed by atoms with Crippen LogP contribution in [0.5, 0.6) is 0 Å². The Morgan fingerprint density at radius 3 is 3.22 bits per heavy atom. The number of hydrogen-bond donors (Lipinski definition) is 1. The van der Waals surface area contributed by atoms with Crippen LogP contribution in [0.4, 0.5) is 0 Å². The van der Waals surface area contributed by atoms with Crippen molar-refractivity contribution in [2.45, 2.75) is 0 Å². The standard InChI is InChI=1S/C7H6N2/c8-6-7-2-1-4-9-5-3-7/h1-5,9H/p+1. The van der Waals surface area contributed by atoms with Gasteiger partial charge in [0.2, 0.25) is 0 Å². The first-order chi connectivity index (χ1) is 4.43.